The smallest absolute Gasteiger partial charge is 0.226 e. The van der Waals surface area contributed by atoms with Gasteiger partial charge in [-0.1, -0.05) is 17.7 Å². The Morgan fingerprint density at radius 1 is 1.12 bits per heavy atom. The highest BCUT2D eigenvalue weighted by molar-refractivity contribution is 6.32. The van der Waals surface area contributed by atoms with E-state index >= 15 is 0 Å². The molecule has 2 aromatic rings. The molecule has 0 aliphatic rings. The number of hydrogen-bond acceptors (Lipinski definition) is 4. The lowest BCUT2D eigenvalue weighted by Crippen LogP contribution is -2.18. The molecule has 0 aromatic heterocycles. The predicted molar refractivity (Wildman–Crippen MR) is 92.7 cm³/mol. The van der Waals surface area contributed by atoms with Crippen LogP contribution in [0, 0.1) is 11.6 Å². The number of halogens is 3. The Morgan fingerprint density at radius 2 is 1.76 bits per heavy atom. The van der Waals surface area contributed by atoms with Crippen LogP contribution >= 0.6 is 11.6 Å². The summed E-state index contributed by atoms with van der Waals surface area (Å²) in [6.07, 6.45) is -0.0120. The van der Waals surface area contributed by atoms with Crippen molar-refractivity contribution in [3.05, 3.63) is 47.0 Å². The lowest BCUT2D eigenvalue weighted by Gasteiger charge is -2.14. The van der Waals surface area contributed by atoms with E-state index in [1.54, 1.807) is 12.1 Å². The first-order valence-corrected chi connectivity index (χ1v) is 7.73. The van der Waals surface area contributed by atoms with Gasteiger partial charge in [-0.25, -0.2) is 8.78 Å². The van der Waals surface area contributed by atoms with Crippen LogP contribution in [0.25, 0.3) is 0 Å². The summed E-state index contributed by atoms with van der Waals surface area (Å²) in [7, 11) is 2.96. The van der Waals surface area contributed by atoms with E-state index in [9.17, 15) is 13.6 Å². The van der Waals surface area contributed by atoms with Crippen molar-refractivity contribution in [2.24, 2.45) is 0 Å². The van der Waals surface area contributed by atoms with Crippen molar-refractivity contribution in [1.29, 1.82) is 0 Å². The third-order valence-electron chi connectivity index (χ3n) is 3.37. The average Bonchev–Trinajstić information content (AvgIpc) is 2.59. The van der Waals surface area contributed by atoms with Crippen LogP contribution in [0.15, 0.2) is 30.3 Å². The van der Waals surface area contributed by atoms with Crippen LogP contribution < -0.4 is 20.1 Å². The number of methoxy groups -OCH3 is 2. The Bertz CT molecular complexity index is 752. The fourth-order valence-corrected chi connectivity index (χ4v) is 2.36. The zero-order valence-corrected chi connectivity index (χ0v) is 14.4. The second kappa shape index (κ2) is 8.53. The van der Waals surface area contributed by atoms with E-state index < -0.39 is 23.2 Å². The fourth-order valence-electron chi connectivity index (χ4n) is 2.13. The zero-order valence-electron chi connectivity index (χ0n) is 13.7. The zero-order chi connectivity index (χ0) is 18.4. The standard InChI is InChI=1S/C17H17ClF2N2O3/c1-24-14-9-13(15(25-2)8-10(14)18)21-7-6-16(23)22-17-11(19)4-3-5-12(17)20/h3-5,8-9,21H,6-7H2,1-2H3,(H,22,23). The highest BCUT2D eigenvalue weighted by atomic mass is 35.5. The summed E-state index contributed by atoms with van der Waals surface area (Å²) < 4.78 is 37.3. The molecule has 5 nitrogen and oxygen atoms in total. The molecule has 2 aromatic carbocycles. The van der Waals surface area contributed by atoms with Crippen molar-refractivity contribution in [1.82, 2.24) is 0 Å². The lowest BCUT2D eigenvalue weighted by atomic mass is 10.2. The summed E-state index contributed by atoms with van der Waals surface area (Å²) in [5.74, 6) is -1.26. The lowest BCUT2D eigenvalue weighted by molar-refractivity contribution is -0.116. The second-order valence-electron chi connectivity index (χ2n) is 5.01. The minimum atomic E-state index is -0.828. The number of para-hydroxylation sites is 1. The molecule has 8 heteroatoms. The number of benzene rings is 2. The Morgan fingerprint density at radius 3 is 2.36 bits per heavy atom. The minimum absolute atomic E-state index is 0.0120. The highest BCUT2D eigenvalue weighted by Crippen LogP contribution is 2.35. The first-order chi connectivity index (χ1) is 12.0. The van der Waals surface area contributed by atoms with Gasteiger partial charge in [0.25, 0.3) is 0 Å². The molecule has 134 valence electrons. The number of carbonyl (C=O) groups excluding carboxylic acids is 1. The van der Waals surface area contributed by atoms with Crippen molar-refractivity contribution < 1.29 is 23.0 Å². The SMILES string of the molecule is COc1cc(NCCC(=O)Nc2c(F)cccc2F)c(OC)cc1Cl. The summed E-state index contributed by atoms with van der Waals surface area (Å²) in [5, 5.41) is 5.61. The van der Waals surface area contributed by atoms with E-state index in [1.165, 1.54) is 20.3 Å². The van der Waals surface area contributed by atoms with Crippen molar-refractivity contribution in [2.45, 2.75) is 6.42 Å². The number of nitrogens with one attached hydrogen (secondary N) is 2. The van der Waals surface area contributed by atoms with Gasteiger partial charge >= 0.3 is 0 Å². The molecule has 2 N–H and O–H groups in total. The van der Waals surface area contributed by atoms with Crippen molar-refractivity contribution in [3.63, 3.8) is 0 Å². The van der Waals surface area contributed by atoms with Crippen LogP contribution in [0.5, 0.6) is 11.5 Å². The largest absolute Gasteiger partial charge is 0.495 e. The van der Waals surface area contributed by atoms with Gasteiger partial charge in [-0.05, 0) is 12.1 Å². The van der Waals surface area contributed by atoms with E-state index in [1.807, 2.05) is 0 Å². The molecule has 1 amide bonds. The van der Waals surface area contributed by atoms with E-state index in [2.05, 4.69) is 10.6 Å². The number of amides is 1. The molecule has 0 saturated heterocycles. The first kappa shape index (κ1) is 18.8. The molecule has 0 spiro atoms. The van der Waals surface area contributed by atoms with E-state index in [0.717, 1.165) is 12.1 Å². The molecule has 0 unspecified atom stereocenters. The monoisotopic (exact) mass is 370 g/mol. The van der Waals surface area contributed by atoms with Crippen LogP contribution in [0.2, 0.25) is 5.02 Å². The van der Waals surface area contributed by atoms with Crippen LogP contribution in [0.1, 0.15) is 6.42 Å². The molecule has 25 heavy (non-hydrogen) atoms. The molecular formula is C17H17ClF2N2O3. The fraction of sp³-hybridized carbons (Fsp3) is 0.235. The molecule has 2 rings (SSSR count). The van der Waals surface area contributed by atoms with E-state index in [-0.39, 0.29) is 13.0 Å². The minimum Gasteiger partial charge on any atom is -0.495 e. The molecule has 0 aliphatic heterocycles. The van der Waals surface area contributed by atoms with Crippen LogP contribution in [0.4, 0.5) is 20.2 Å². The number of hydrogen-bond donors (Lipinski definition) is 2. The Hall–Kier alpha value is -2.54. The Labute approximate surface area is 148 Å². The van der Waals surface area contributed by atoms with Crippen LogP contribution in [-0.4, -0.2) is 26.7 Å². The van der Waals surface area contributed by atoms with E-state index in [0.29, 0.717) is 22.2 Å². The van der Waals surface area contributed by atoms with Crippen molar-refractivity contribution >= 4 is 28.9 Å². The van der Waals surface area contributed by atoms with Gasteiger partial charge in [-0.2, -0.15) is 0 Å². The molecule has 0 atom stereocenters. The van der Waals surface area contributed by atoms with Gasteiger partial charge in [0.05, 0.1) is 24.9 Å². The predicted octanol–water partition coefficient (Wildman–Crippen LogP) is 4.08. The Balaban J connectivity index is 1.97. The second-order valence-corrected chi connectivity index (χ2v) is 5.42. The van der Waals surface area contributed by atoms with E-state index in [4.69, 9.17) is 21.1 Å². The quantitative estimate of drug-likeness (QED) is 0.771. The third kappa shape index (κ3) is 4.73. The number of anilines is 2. The summed E-state index contributed by atoms with van der Waals surface area (Å²) in [6, 6.07) is 6.58. The maximum absolute atomic E-state index is 13.5. The molecule has 0 aliphatic carbocycles. The van der Waals surface area contributed by atoms with Crippen molar-refractivity contribution in [2.75, 3.05) is 31.4 Å². The van der Waals surface area contributed by atoms with Gasteiger partial charge in [0.2, 0.25) is 5.91 Å². The first-order valence-electron chi connectivity index (χ1n) is 7.35. The van der Waals surface area contributed by atoms with Crippen LogP contribution in [0.3, 0.4) is 0 Å². The number of ether oxygens (including phenoxy) is 2. The molecular weight excluding hydrogens is 354 g/mol. The number of rotatable bonds is 7. The van der Waals surface area contributed by atoms with Crippen LogP contribution in [-0.2, 0) is 4.79 Å². The van der Waals surface area contributed by atoms with Gasteiger partial charge in [-0.3, -0.25) is 4.79 Å². The molecule has 0 radical (unpaired) electrons. The number of carbonyl (C=O) groups is 1. The maximum Gasteiger partial charge on any atom is 0.226 e. The summed E-state index contributed by atoms with van der Waals surface area (Å²) in [4.78, 5) is 11.9. The molecule has 0 heterocycles. The van der Waals surface area contributed by atoms with Gasteiger partial charge in [-0.15, -0.1) is 0 Å². The average molecular weight is 371 g/mol. The van der Waals surface area contributed by atoms with Gasteiger partial charge in [0, 0.05) is 25.1 Å². The topological polar surface area (TPSA) is 59.6 Å². The summed E-state index contributed by atoms with van der Waals surface area (Å²) >= 11 is 6.02. The third-order valence-corrected chi connectivity index (χ3v) is 3.66. The molecule has 0 saturated carbocycles. The summed E-state index contributed by atoms with van der Waals surface area (Å²) in [6.45, 7) is 0.211. The summed E-state index contributed by atoms with van der Waals surface area (Å²) in [5.41, 5.74) is 0.117. The Kier molecular flexibility index (Phi) is 6.41. The van der Waals surface area contributed by atoms with Crippen molar-refractivity contribution in [3.8, 4) is 11.5 Å². The molecule has 0 bridgehead atoms. The van der Waals surface area contributed by atoms with Gasteiger partial charge < -0.3 is 20.1 Å². The highest BCUT2D eigenvalue weighted by Gasteiger charge is 2.13. The maximum atomic E-state index is 13.5. The van der Waals surface area contributed by atoms with Gasteiger partial charge in [0.15, 0.2) is 0 Å². The normalized spacial score (nSPS) is 10.3. The van der Waals surface area contributed by atoms with Gasteiger partial charge in [0.1, 0.15) is 28.8 Å². The molecule has 0 fully saturated rings.